The third-order valence-corrected chi connectivity index (χ3v) is 4.73. The second-order valence-corrected chi connectivity index (χ2v) is 5.80. The van der Waals surface area contributed by atoms with Gasteiger partial charge in [-0.3, -0.25) is 4.90 Å². The third kappa shape index (κ3) is 1.82. The lowest BCUT2D eigenvalue weighted by atomic mass is 9.84. The molecule has 3 rings (SSSR count). The van der Waals surface area contributed by atoms with Crippen molar-refractivity contribution in [3.05, 3.63) is 10.4 Å². The normalized spacial score (nSPS) is 41.4. The molecule has 17 heavy (non-hydrogen) atoms. The highest BCUT2D eigenvalue weighted by atomic mass is 16.5. The summed E-state index contributed by atoms with van der Waals surface area (Å²) < 4.78 is 6.09. The van der Waals surface area contributed by atoms with Crippen molar-refractivity contribution in [2.24, 2.45) is 5.11 Å². The number of azide groups is 1. The van der Waals surface area contributed by atoms with Crippen LogP contribution in [0.2, 0.25) is 0 Å². The molecule has 3 aliphatic rings. The summed E-state index contributed by atoms with van der Waals surface area (Å²) in [6.07, 6.45) is 7.13. The van der Waals surface area contributed by atoms with Gasteiger partial charge in [0.1, 0.15) is 0 Å². The van der Waals surface area contributed by atoms with Crippen molar-refractivity contribution < 1.29 is 4.74 Å². The molecular weight excluding hydrogens is 216 g/mol. The zero-order valence-corrected chi connectivity index (χ0v) is 10.3. The van der Waals surface area contributed by atoms with Crippen LogP contribution in [0.4, 0.5) is 0 Å². The monoisotopic (exact) mass is 236 g/mol. The van der Waals surface area contributed by atoms with Crippen LogP contribution >= 0.6 is 0 Å². The molecule has 94 valence electrons. The fraction of sp³-hybridized carbons (Fsp3) is 1.00. The SMILES string of the molecule is [N-]=[N+]=NCC12CCCN1CC1(CCCCO1)C2. The molecule has 3 fully saturated rings. The van der Waals surface area contributed by atoms with E-state index in [1.54, 1.807) is 0 Å². The van der Waals surface area contributed by atoms with E-state index in [0.29, 0.717) is 6.54 Å². The maximum atomic E-state index is 8.55. The lowest BCUT2D eigenvalue weighted by Crippen LogP contribution is -2.40. The average Bonchev–Trinajstić information content (AvgIpc) is 2.82. The van der Waals surface area contributed by atoms with Gasteiger partial charge in [-0.1, -0.05) is 5.11 Å². The zero-order chi connectivity index (χ0) is 11.8. The van der Waals surface area contributed by atoms with E-state index in [2.05, 4.69) is 14.9 Å². The molecule has 0 aliphatic carbocycles. The number of rotatable bonds is 2. The van der Waals surface area contributed by atoms with Crippen LogP contribution in [0.25, 0.3) is 10.4 Å². The molecule has 3 saturated heterocycles. The summed E-state index contributed by atoms with van der Waals surface area (Å²) in [6, 6.07) is 0. The summed E-state index contributed by atoms with van der Waals surface area (Å²) in [5.74, 6) is 0. The molecule has 0 N–H and O–H groups in total. The summed E-state index contributed by atoms with van der Waals surface area (Å²) >= 11 is 0. The molecule has 5 nitrogen and oxygen atoms in total. The van der Waals surface area contributed by atoms with Gasteiger partial charge in [0.2, 0.25) is 0 Å². The molecule has 0 amide bonds. The Bertz CT molecular complexity index is 346. The maximum Gasteiger partial charge on any atom is 0.0826 e. The molecule has 2 unspecified atom stereocenters. The van der Waals surface area contributed by atoms with E-state index in [1.165, 1.54) is 25.7 Å². The first-order chi connectivity index (χ1) is 8.29. The minimum Gasteiger partial charge on any atom is -0.374 e. The number of hydrogen-bond donors (Lipinski definition) is 0. The molecule has 0 aromatic carbocycles. The van der Waals surface area contributed by atoms with Crippen molar-refractivity contribution in [3.63, 3.8) is 0 Å². The van der Waals surface area contributed by atoms with Crippen LogP contribution < -0.4 is 0 Å². The Balaban J connectivity index is 1.80. The molecule has 3 aliphatic heterocycles. The summed E-state index contributed by atoms with van der Waals surface area (Å²) in [6.45, 7) is 3.72. The number of fused-ring (bicyclic) bond motifs is 1. The predicted molar refractivity (Wildman–Crippen MR) is 64.7 cm³/mol. The first-order valence-electron chi connectivity index (χ1n) is 6.69. The Hall–Kier alpha value is -0.770. The molecule has 2 atom stereocenters. The fourth-order valence-corrected chi connectivity index (χ4v) is 4.02. The minimum atomic E-state index is 0.0731. The van der Waals surface area contributed by atoms with Crippen molar-refractivity contribution in [1.29, 1.82) is 0 Å². The topological polar surface area (TPSA) is 61.2 Å². The summed E-state index contributed by atoms with van der Waals surface area (Å²) in [7, 11) is 0. The molecule has 0 radical (unpaired) electrons. The van der Waals surface area contributed by atoms with Crippen LogP contribution in [0.15, 0.2) is 5.11 Å². The molecule has 1 spiro atoms. The lowest BCUT2D eigenvalue weighted by Gasteiger charge is -2.35. The third-order valence-electron chi connectivity index (χ3n) is 4.73. The van der Waals surface area contributed by atoms with Gasteiger partial charge in [-0.2, -0.15) is 0 Å². The Kier molecular flexibility index (Phi) is 2.77. The predicted octanol–water partition coefficient (Wildman–Crippen LogP) is 2.47. The zero-order valence-electron chi connectivity index (χ0n) is 10.3. The second-order valence-electron chi connectivity index (χ2n) is 5.80. The lowest BCUT2D eigenvalue weighted by molar-refractivity contribution is -0.0715. The van der Waals surface area contributed by atoms with Crippen molar-refractivity contribution in [3.8, 4) is 0 Å². The first-order valence-corrected chi connectivity index (χ1v) is 6.69. The Labute approximate surface area is 102 Å². The van der Waals surface area contributed by atoms with E-state index in [-0.39, 0.29) is 11.1 Å². The highest BCUT2D eigenvalue weighted by molar-refractivity contribution is 5.11. The van der Waals surface area contributed by atoms with Crippen LogP contribution in [0.5, 0.6) is 0 Å². The second kappa shape index (κ2) is 4.16. The van der Waals surface area contributed by atoms with Crippen LogP contribution in [0.3, 0.4) is 0 Å². The highest BCUT2D eigenvalue weighted by Gasteiger charge is 2.55. The molecule has 0 aromatic heterocycles. The van der Waals surface area contributed by atoms with E-state index < -0.39 is 0 Å². The van der Waals surface area contributed by atoms with Gasteiger partial charge in [0.15, 0.2) is 0 Å². The van der Waals surface area contributed by atoms with Crippen molar-refractivity contribution >= 4 is 0 Å². The average molecular weight is 236 g/mol. The van der Waals surface area contributed by atoms with Gasteiger partial charge in [-0.15, -0.1) is 0 Å². The van der Waals surface area contributed by atoms with Crippen LogP contribution in [0.1, 0.15) is 38.5 Å². The molecule has 0 aromatic rings. The van der Waals surface area contributed by atoms with Crippen molar-refractivity contribution in [2.75, 3.05) is 26.2 Å². The van der Waals surface area contributed by atoms with Gasteiger partial charge in [0.05, 0.1) is 5.60 Å². The standard InChI is InChI=1S/C12H20N4O/c13-15-14-9-11-4-3-6-16(11)10-12(8-11)5-1-2-7-17-12/h1-10H2. The summed E-state index contributed by atoms with van der Waals surface area (Å²) in [5, 5.41) is 3.85. The van der Waals surface area contributed by atoms with Crippen LogP contribution in [0, 0.1) is 0 Å². The van der Waals surface area contributed by atoms with E-state index in [4.69, 9.17) is 10.3 Å². The van der Waals surface area contributed by atoms with E-state index in [0.717, 1.165) is 32.5 Å². The minimum absolute atomic E-state index is 0.0731. The quantitative estimate of drug-likeness (QED) is 0.420. The smallest absolute Gasteiger partial charge is 0.0826 e. The van der Waals surface area contributed by atoms with Gasteiger partial charge in [-0.05, 0) is 50.6 Å². The fourth-order valence-electron chi connectivity index (χ4n) is 4.02. The number of hydrogen-bond acceptors (Lipinski definition) is 3. The molecule has 0 saturated carbocycles. The van der Waals surface area contributed by atoms with Gasteiger partial charge in [0, 0.05) is 30.1 Å². The Morgan fingerprint density at radius 1 is 1.29 bits per heavy atom. The Morgan fingerprint density at radius 3 is 3.00 bits per heavy atom. The van der Waals surface area contributed by atoms with Gasteiger partial charge >= 0.3 is 0 Å². The molecule has 5 heteroatoms. The van der Waals surface area contributed by atoms with Crippen molar-refractivity contribution in [2.45, 2.75) is 49.7 Å². The summed E-state index contributed by atoms with van der Waals surface area (Å²) in [4.78, 5) is 5.47. The van der Waals surface area contributed by atoms with Gasteiger partial charge in [0.25, 0.3) is 0 Å². The number of nitrogens with zero attached hydrogens (tertiary/aromatic N) is 4. The van der Waals surface area contributed by atoms with Crippen molar-refractivity contribution in [1.82, 2.24) is 4.90 Å². The first kappa shape index (κ1) is 11.3. The van der Waals surface area contributed by atoms with Crippen LogP contribution in [-0.4, -0.2) is 42.3 Å². The highest BCUT2D eigenvalue weighted by Crippen LogP contribution is 2.48. The molecule has 0 bridgehead atoms. The molecule has 3 heterocycles. The molecular formula is C12H20N4O. The van der Waals surface area contributed by atoms with E-state index in [9.17, 15) is 0 Å². The van der Waals surface area contributed by atoms with Gasteiger partial charge in [-0.25, -0.2) is 0 Å². The Morgan fingerprint density at radius 2 is 2.24 bits per heavy atom. The van der Waals surface area contributed by atoms with E-state index in [1.807, 2.05) is 0 Å². The maximum absolute atomic E-state index is 8.55. The van der Waals surface area contributed by atoms with E-state index >= 15 is 0 Å². The van der Waals surface area contributed by atoms with Crippen LogP contribution in [-0.2, 0) is 4.74 Å². The van der Waals surface area contributed by atoms with Gasteiger partial charge < -0.3 is 4.74 Å². The summed E-state index contributed by atoms with van der Waals surface area (Å²) in [5.41, 5.74) is 8.74. The number of ether oxygens (including phenoxy) is 1. The largest absolute Gasteiger partial charge is 0.374 e.